The Morgan fingerprint density at radius 2 is 2.18 bits per heavy atom. The summed E-state index contributed by atoms with van der Waals surface area (Å²) in [5.74, 6) is -0.840. The third-order valence-corrected chi connectivity index (χ3v) is 2.68. The Kier molecular flexibility index (Phi) is 3.10. The van der Waals surface area contributed by atoms with Crippen LogP contribution in [0.4, 0.5) is 0 Å². The van der Waals surface area contributed by atoms with Crippen molar-refractivity contribution in [3.05, 3.63) is 36.0 Å². The zero-order valence-electron chi connectivity index (χ0n) is 9.26. The first-order valence-electron chi connectivity index (χ1n) is 5.38. The van der Waals surface area contributed by atoms with Gasteiger partial charge in [-0.3, -0.25) is 4.79 Å². The van der Waals surface area contributed by atoms with Crippen molar-refractivity contribution in [3.8, 4) is 6.07 Å². The molecular formula is C13H12N2O2. The lowest BCUT2D eigenvalue weighted by Crippen LogP contribution is -1.99. The average molecular weight is 228 g/mol. The lowest BCUT2D eigenvalue weighted by Gasteiger charge is -2.00. The molecule has 0 bridgehead atoms. The van der Waals surface area contributed by atoms with Crippen LogP contribution < -0.4 is 0 Å². The number of para-hydroxylation sites is 1. The molecule has 0 radical (unpaired) electrons. The van der Waals surface area contributed by atoms with Crippen LogP contribution >= 0.6 is 0 Å². The molecular weight excluding hydrogens is 216 g/mol. The number of nitriles is 1. The topological polar surface area (TPSA) is 66.0 Å². The largest absolute Gasteiger partial charge is 0.481 e. The molecule has 86 valence electrons. The van der Waals surface area contributed by atoms with E-state index in [4.69, 9.17) is 10.4 Å². The maximum atomic E-state index is 10.8. The molecule has 0 aliphatic carbocycles. The molecule has 0 spiro atoms. The predicted molar refractivity (Wildman–Crippen MR) is 63.5 cm³/mol. The number of aryl methyl sites for hydroxylation is 1. The Hall–Kier alpha value is -2.28. The van der Waals surface area contributed by atoms with Crippen LogP contribution in [-0.2, 0) is 17.8 Å². The van der Waals surface area contributed by atoms with E-state index in [1.165, 1.54) is 0 Å². The first-order chi connectivity index (χ1) is 8.22. The summed E-state index contributed by atoms with van der Waals surface area (Å²) in [4.78, 5) is 10.8. The Morgan fingerprint density at radius 1 is 1.41 bits per heavy atom. The number of aromatic nitrogens is 1. The van der Waals surface area contributed by atoms with Gasteiger partial charge in [-0.05, 0) is 11.6 Å². The fourth-order valence-corrected chi connectivity index (χ4v) is 1.98. The second-order valence-corrected chi connectivity index (χ2v) is 3.84. The van der Waals surface area contributed by atoms with Crippen molar-refractivity contribution in [2.24, 2.45) is 0 Å². The number of benzene rings is 1. The van der Waals surface area contributed by atoms with E-state index in [1.54, 1.807) is 0 Å². The molecule has 0 unspecified atom stereocenters. The average Bonchev–Trinajstić information content (AvgIpc) is 2.65. The number of rotatable bonds is 4. The predicted octanol–water partition coefficient (Wildman–Crippen LogP) is 2.18. The van der Waals surface area contributed by atoms with E-state index in [-0.39, 0.29) is 6.42 Å². The van der Waals surface area contributed by atoms with Crippen molar-refractivity contribution in [2.75, 3.05) is 0 Å². The van der Waals surface area contributed by atoms with Crippen LogP contribution in [0.3, 0.4) is 0 Å². The van der Waals surface area contributed by atoms with Gasteiger partial charge in [0.15, 0.2) is 0 Å². The molecule has 0 amide bonds. The third-order valence-electron chi connectivity index (χ3n) is 2.68. The summed E-state index contributed by atoms with van der Waals surface area (Å²) in [6, 6.07) is 9.75. The van der Waals surface area contributed by atoms with Crippen molar-refractivity contribution >= 4 is 16.9 Å². The van der Waals surface area contributed by atoms with Crippen molar-refractivity contribution in [1.29, 1.82) is 5.26 Å². The summed E-state index contributed by atoms with van der Waals surface area (Å²) in [6.07, 6.45) is 2.27. The van der Waals surface area contributed by atoms with E-state index >= 15 is 0 Å². The molecule has 1 aromatic heterocycles. The number of aliphatic carboxylic acids is 1. The van der Waals surface area contributed by atoms with Crippen LogP contribution in [0.1, 0.15) is 12.0 Å². The minimum atomic E-state index is -0.840. The van der Waals surface area contributed by atoms with Crippen molar-refractivity contribution in [2.45, 2.75) is 19.4 Å². The van der Waals surface area contributed by atoms with Gasteiger partial charge >= 0.3 is 5.97 Å². The van der Waals surface area contributed by atoms with Gasteiger partial charge in [-0.1, -0.05) is 18.2 Å². The van der Waals surface area contributed by atoms with Gasteiger partial charge in [-0.25, -0.2) is 0 Å². The van der Waals surface area contributed by atoms with Crippen LogP contribution in [0.25, 0.3) is 10.9 Å². The molecule has 0 atom stereocenters. The highest BCUT2D eigenvalue weighted by atomic mass is 16.4. The lowest BCUT2D eigenvalue weighted by atomic mass is 10.1. The Labute approximate surface area is 98.7 Å². The minimum absolute atomic E-state index is 0.0140. The van der Waals surface area contributed by atoms with Gasteiger partial charge in [-0.15, -0.1) is 0 Å². The molecule has 4 heteroatoms. The first kappa shape index (κ1) is 11.2. The highest BCUT2D eigenvalue weighted by Gasteiger charge is 2.10. The van der Waals surface area contributed by atoms with Crippen LogP contribution in [0, 0.1) is 11.3 Å². The van der Waals surface area contributed by atoms with Crippen molar-refractivity contribution in [3.63, 3.8) is 0 Å². The van der Waals surface area contributed by atoms with Gasteiger partial charge in [0.2, 0.25) is 0 Å². The zero-order valence-corrected chi connectivity index (χ0v) is 9.26. The van der Waals surface area contributed by atoms with E-state index < -0.39 is 5.97 Å². The molecule has 0 saturated heterocycles. The fraction of sp³-hybridized carbons (Fsp3) is 0.231. The highest BCUT2D eigenvalue weighted by molar-refractivity contribution is 5.87. The summed E-state index contributed by atoms with van der Waals surface area (Å²) >= 11 is 0. The summed E-state index contributed by atoms with van der Waals surface area (Å²) < 4.78 is 1.94. The number of nitrogens with zero attached hydrogens (tertiary/aromatic N) is 2. The number of hydrogen-bond acceptors (Lipinski definition) is 2. The van der Waals surface area contributed by atoms with Gasteiger partial charge in [0.1, 0.15) is 0 Å². The van der Waals surface area contributed by atoms with Crippen molar-refractivity contribution in [1.82, 2.24) is 4.57 Å². The molecule has 2 rings (SSSR count). The van der Waals surface area contributed by atoms with Gasteiger partial charge in [0, 0.05) is 23.6 Å². The van der Waals surface area contributed by atoms with Gasteiger partial charge in [-0.2, -0.15) is 5.26 Å². The molecule has 4 nitrogen and oxygen atoms in total. The third kappa shape index (κ3) is 2.28. The maximum absolute atomic E-state index is 10.8. The second-order valence-electron chi connectivity index (χ2n) is 3.84. The SMILES string of the molecule is N#CCCn1cc(CC(=O)O)c2ccccc21. The summed E-state index contributed by atoms with van der Waals surface area (Å²) in [5.41, 5.74) is 1.78. The van der Waals surface area contributed by atoms with E-state index in [9.17, 15) is 4.79 Å². The molecule has 1 N–H and O–H groups in total. The quantitative estimate of drug-likeness (QED) is 0.872. The number of carboxylic acids is 1. The molecule has 17 heavy (non-hydrogen) atoms. The maximum Gasteiger partial charge on any atom is 0.307 e. The monoisotopic (exact) mass is 228 g/mol. The molecule has 2 aromatic rings. The van der Waals surface area contributed by atoms with Gasteiger partial charge < -0.3 is 9.67 Å². The van der Waals surface area contributed by atoms with Gasteiger partial charge in [0.05, 0.1) is 18.9 Å². The molecule has 0 fully saturated rings. The normalized spacial score (nSPS) is 10.3. The van der Waals surface area contributed by atoms with E-state index in [0.29, 0.717) is 13.0 Å². The second kappa shape index (κ2) is 4.71. The van der Waals surface area contributed by atoms with Crippen LogP contribution in [0.15, 0.2) is 30.5 Å². The summed E-state index contributed by atoms with van der Waals surface area (Å²) in [6.45, 7) is 0.594. The molecule has 1 aromatic carbocycles. The molecule has 0 saturated carbocycles. The summed E-state index contributed by atoms with van der Waals surface area (Å²) in [5, 5.41) is 18.4. The Balaban J connectivity index is 2.47. The van der Waals surface area contributed by atoms with E-state index in [0.717, 1.165) is 16.5 Å². The number of hydrogen-bond donors (Lipinski definition) is 1. The zero-order chi connectivity index (χ0) is 12.3. The fourth-order valence-electron chi connectivity index (χ4n) is 1.98. The molecule has 0 aliphatic rings. The Bertz CT molecular complexity index is 593. The van der Waals surface area contributed by atoms with Crippen LogP contribution in [-0.4, -0.2) is 15.6 Å². The smallest absolute Gasteiger partial charge is 0.307 e. The van der Waals surface area contributed by atoms with Crippen molar-refractivity contribution < 1.29 is 9.90 Å². The van der Waals surface area contributed by atoms with Gasteiger partial charge in [0.25, 0.3) is 0 Å². The number of carboxylic acid groups (broad SMARTS) is 1. The minimum Gasteiger partial charge on any atom is -0.481 e. The molecule has 0 aliphatic heterocycles. The lowest BCUT2D eigenvalue weighted by molar-refractivity contribution is -0.136. The molecule has 1 heterocycles. The summed E-state index contributed by atoms with van der Waals surface area (Å²) in [7, 11) is 0. The first-order valence-corrected chi connectivity index (χ1v) is 5.38. The highest BCUT2D eigenvalue weighted by Crippen LogP contribution is 2.22. The number of fused-ring (bicyclic) bond motifs is 1. The van der Waals surface area contributed by atoms with Crippen LogP contribution in [0.2, 0.25) is 0 Å². The number of carbonyl (C=O) groups is 1. The van der Waals surface area contributed by atoms with Crippen LogP contribution in [0.5, 0.6) is 0 Å². The standard InChI is InChI=1S/C13H12N2O2/c14-6-3-7-15-9-10(8-13(16)17)11-4-1-2-5-12(11)15/h1-2,4-5,9H,3,7-8H2,(H,16,17). The van der Waals surface area contributed by atoms with E-state index in [1.807, 2.05) is 35.0 Å². The Morgan fingerprint density at radius 3 is 2.88 bits per heavy atom. The van der Waals surface area contributed by atoms with E-state index in [2.05, 4.69) is 6.07 Å².